The van der Waals surface area contributed by atoms with Gasteiger partial charge in [-0.25, -0.2) is 0 Å². The van der Waals surface area contributed by atoms with Gasteiger partial charge in [0.05, 0.1) is 13.2 Å². The molecule has 0 heterocycles. The molecule has 0 aromatic rings. The molecule has 0 aromatic heterocycles. The molecule has 0 saturated carbocycles. The lowest BCUT2D eigenvalue weighted by Gasteiger charge is -2.05. The van der Waals surface area contributed by atoms with Crippen LogP contribution in [0.15, 0.2) is 0 Å². The summed E-state index contributed by atoms with van der Waals surface area (Å²) in [6.07, 6.45) is 0. The predicted molar refractivity (Wildman–Crippen MR) is 39.1 cm³/mol. The molecule has 0 bridgehead atoms. The zero-order chi connectivity index (χ0) is 6.41. The third-order valence-electron chi connectivity index (χ3n) is 0.479. The van der Waals surface area contributed by atoms with Gasteiger partial charge in [-0.1, -0.05) is 7.43 Å². The third-order valence-corrected chi connectivity index (χ3v) is 1.44. The molecule has 0 aliphatic rings. The normalized spacial score (nSPS) is 9.33. The molecule has 58 valence electrons. The maximum absolute atomic E-state index is 8.67. The first kappa shape index (κ1) is 12.0. The first-order chi connectivity index (χ1) is 3.81. The van der Waals surface area contributed by atoms with E-state index in [4.69, 9.17) is 4.89 Å². The van der Waals surface area contributed by atoms with E-state index in [1.165, 1.54) is 0 Å². The molecule has 4 heteroatoms. The Kier molecular flexibility index (Phi) is 11.1. The van der Waals surface area contributed by atoms with Crippen molar-refractivity contribution in [3.63, 3.8) is 0 Å². The highest BCUT2D eigenvalue weighted by atomic mass is 31.2. The summed E-state index contributed by atoms with van der Waals surface area (Å²) >= 11 is 0. The van der Waals surface area contributed by atoms with E-state index in [9.17, 15) is 0 Å². The van der Waals surface area contributed by atoms with Gasteiger partial charge in [0.2, 0.25) is 0 Å². The number of hydrogen-bond donors (Lipinski definition) is 1. The summed E-state index contributed by atoms with van der Waals surface area (Å²) in [5.41, 5.74) is 0. The van der Waals surface area contributed by atoms with E-state index in [0.29, 0.717) is 13.2 Å². The minimum Gasteiger partial charge on any atom is -0.328 e. The highest BCUT2D eigenvalue weighted by molar-refractivity contribution is 7.40. The molecule has 0 radical (unpaired) electrons. The number of rotatable bonds is 4. The van der Waals surface area contributed by atoms with Crippen molar-refractivity contribution in [3.8, 4) is 0 Å². The Morgan fingerprint density at radius 3 is 1.78 bits per heavy atom. The lowest BCUT2D eigenvalue weighted by molar-refractivity contribution is 0.216. The second-order valence-electron chi connectivity index (χ2n) is 1.07. The van der Waals surface area contributed by atoms with Crippen molar-refractivity contribution in [1.29, 1.82) is 0 Å². The van der Waals surface area contributed by atoms with Crippen LogP contribution in [0.2, 0.25) is 0 Å². The minimum absolute atomic E-state index is 0. The first-order valence-corrected chi connectivity index (χ1v) is 3.69. The number of hydrogen-bond acceptors (Lipinski definition) is 3. The van der Waals surface area contributed by atoms with Crippen LogP contribution in [0.25, 0.3) is 0 Å². The Hall–Kier alpha value is 0.310. The fraction of sp³-hybridized carbons (Fsp3) is 1.00. The smallest absolute Gasteiger partial charge is 0.328 e. The van der Waals surface area contributed by atoms with Crippen molar-refractivity contribution in [1.82, 2.24) is 0 Å². The van der Waals surface area contributed by atoms with Crippen molar-refractivity contribution in [3.05, 3.63) is 0 Å². The van der Waals surface area contributed by atoms with Crippen molar-refractivity contribution < 1.29 is 13.9 Å². The van der Waals surface area contributed by atoms with Gasteiger partial charge in [0.1, 0.15) is 0 Å². The maximum atomic E-state index is 8.67. The second kappa shape index (κ2) is 8.31. The maximum Gasteiger partial charge on any atom is 0.329 e. The third kappa shape index (κ3) is 8.31. The summed E-state index contributed by atoms with van der Waals surface area (Å²) in [7, 11) is -1.58. The van der Waals surface area contributed by atoms with E-state index in [-0.39, 0.29) is 7.43 Å². The zero-order valence-electron chi connectivity index (χ0n) is 5.13. The fourth-order valence-electron chi connectivity index (χ4n) is 0.258. The summed E-state index contributed by atoms with van der Waals surface area (Å²) in [4.78, 5) is 8.67. The highest BCUT2D eigenvalue weighted by Gasteiger charge is 2.00. The van der Waals surface area contributed by atoms with Gasteiger partial charge in [-0.15, -0.1) is 0 Å². The van der Waals surface area contributed by atoms with E-state index in [1.54, 1.807) is 0 Å². The Morgan fingerprint density at radius 2 is 1.56 bits per heavy atom. The Balaban J connectivity index is 0. The van der Waals surface area contributed by atoms with Crippen LogP contribution in [0.4, 0.5) is 0 Å². The lowest BCUT2D eigenvalue weighted by atomic mass is 10.9. The van der Waals surface area contributed by atoms with Crippen LogP contribution in [0.1, 0.15) is 21.3 Å². The SMILES string of the molecule is C.CCOP(O)OCC. The van der Waals surface area contributed by atoms with Gasteiger partial charge in [-0.3, -0.25) is 0 Å². The quantitative estimate of drug-likeness (QED) is 0.628. The second-order valence-corrected chi connectivity index (χ2v) is 2.07. The molecule has 0 saturated heterocycles. The minimum atomic E-state index is -1.58. The van der Waals surface area contributed by atoms with Crippen LogP contribution in [-0.4, -0.2) is 18.1 Å². The van der Waals surface area contributed by atoms with E-state index >= 15 is 0 Å². The van der Waals surface area contributed by atoms with Crippen molar-refractivity contribution in [2.75, 3.05) is 13.2 Å². The standard InChI is InChI=1S/C4H11O3P.CH4/c1-3-6-8(5)7-4-2;/h5H,3-4H2,1-2H3;1H4. The van der Waals surface area contributed by atoms with Crippen molar-refractivity contribution in [2.45, 2.75) is 21.3 Å². The van der Waals surface area contributed by atoms with Gasteiger partial charge in [-0.2, -0.15) is 0 Å². The van der Waals surface area contributed by atoms with Crippen LogP contribution in [-0.2, 0) is 9.05 Å². The summed E-state index contributed by atoms with van der Waals surface area (Å²) in [5, 5.41) is 0. The van der Waals surface area contributed by atoms with Gasteiger partial charge in [-0.05, 0) is 13.8 Å². The van der Waals surface area contributed by atoms with E-state index in [2.05, 4.69) is 9.05 Å². The van der Waals surface area contributed by atoms with Gasteiger partial charge < -0.3 is 13.9 Å². The molecule has 0 aromatic carbocycles. The Bertz CT molecular complexity index is 45.5. The van der Waals surface area contributed by atoms with Crippen LogP contribution in [0.5, 0.6) is 0 Å². The largest absolute Gasteiger partial charge is 0.329 e. The molecule has 0 unspecified atom stereocenters. The van der Waals surface area contributed by atoms with Crippen molar-refractivity contribution in [2.24, 2.45) is 0 Å². The zero-order valence-corrected chi connectivity index (χ0v) is 6.02. The van der Waals surface area contributed by atoms with Crippen LogP contribution in [0.3, 0.4) is 0 Å². The molecule has 0 aliphatic heterocycles. The van der Waals surface area contributed by atoms with Gasteiger partial charge in [0.25, 0.3) is 0 Å². The van der Waals surface area contributed by atoms with Crippen LogP contribution < -0.4 is 0 Å². The molecule has 0 fully saturated rings. The first-order valence-electron chi connectivity index (χ1n) is 2.56. The predicted octanol–water partition coefficient (Wildman–Crippen LogP) is 1.91. The Morgan fingerprint density at radius 1 is 1.22 bits per heavy atom. The topological polar surface area (TPSA) is 38.7 Å². The molecule has 0 spiro atoms. The molecule has 0 aliphatic carbocycles. The fourth-order valence-corrected chi connectivity index (χ4v) is 0.774. The van der Waals surface area contributed by atoms with E-state index < -0.39 is 8.60 Å². The molecular formula is C5H15O3P. The molecule has 0 atom stereocenters. The van der Waals surface area contributed by atoms with Crippen LogP contribution >= 0.6 is 8.60 Å². The summed E-state index contributed by atoms with van der Waals surface area (Å²) < 4.78 is 9.36. The monoisotopic (exact) mass is 154 g/mol. The Labute approximate surface area is 58.0 Å². The summed E-state index contributed by atoms with van der Waals surface area (Å²) in [6, 6.07) is 0. The molecule has 1 N–H and O–H groups in total. The summed E-state index contributed by atoms with van der Waals surface area (Å²) in [5.74, 6) is 0. The van der Waals surface area contributed by atoms with Gasteiger partial charge in [0.15, 0.2) is 0 Å². The lowest BCUT2D eigenvalue weighted by Crippen LogP contribution is -1.87. The highest BCUT2D eigenvalue weighted by Crippen LogP contribution is 2.31. The molecule has 0 amide bonds. The molecule has 9 heavy (non-hydrogen) atoms. The van der Waals surface area contributed by atoms with Gasteiger partial charge in [0, 0.05) is 0 Å². The van der Waals surface area contributed by atoms with E-state index in [1.807, 2.05) is 13.8 Å². The van der Waals surface area contributed by atoms with Gasteiger partial charge >= 0.3 is 8.60 Å². The summed E-state index contributed by atoms with van der Waals surface area (Å²) in [6.45, 7) is 4.62. The average molecular weight is 154 g/mol. The molecular weight excluding hydrogens is 139 g/mol. The van der Waals surface area contributed by atoms with Crippen molar-refractivity contribution >= 4 is 8.60 Å². The average Bonchev–Trinajstić information content (AvgIpc) is 1.68. The molecule has 0 rings (SSSR count). The molecule has 3 nitrogen and oxygen atoms in total. The van der Waals surface area contributed by atoms with E-state index in [0.717, 1.165) is 0 Å². The van der Waals surface area contributed by atoms with Crippen LogP contribution in [0, 0.1) is 0 Å².